The van der Waals surface area contributed by atoms with E-state index >= 15 is 0 Å². The van der Waals surface area contributed by atoms with E-state index in [9.17, 15) is 9.59 Å². The van der Waals surface area contributed by atoms with Crippen molar-refractivity contribution in [3.05, 3.63) is 83.4 Å². The second-order valence-electron chi connectivity index (χ2n) is 9.06. The van der Waals surface area contributed by atoms with Crippen LogP contribution < -0.4 is 19.1 Å². The number of quaternary nitrogens is 1. The van der Waals surface area contributed by atoms with Crippen LogP contribution in [0.3, 0.4) is 0 Å². The lowest BCUT2D eigenvalue weighted by atomic mass is 10.0. The van der Waals surface area contributed by atoms with Gasteiger partial charge in [0.25, 0.3) is 0 Å². The molecular formula is C30H28NO7+. The fraction of sp³-hybridized carbons (Fsp3) is 0.200. The third-order valence-electron chi connectivity index (χ3n) is 5.99. The van der Waals surface area contributed by atoms with Crippen LogP contribution in [0.25, 0.3) is 28.4 Å². The van der Waals surface area contributed by atoms with E-state index in [4.69, 9.17) is 23.4 Å². The van der Waals surface area contributed by atoms with Gasteiger partial charge in [-0.25, -0.2) is 9.59 Å². The Hall–Kier alpha value is -4.56. The monoisotopic (exact) mass is 514 g/mol. The van der Waals surface area contributed by atoms with Crippen molar-refractivity contribution < 1.29 is 37.9 Å². The first-order valence-electron chi connectivity index (χ1n) is 12.3. The van der Waals surface area contributed by atoms with Crippen LogP contribution in [0.2, 0.25) is 0 Å². The van der Waals surface area contributed by atoms with Gasteiger partial charge in [0.05, 0.1) is 26.3 Å². The maximum Gasteiger partial charge on any atom is 0.342 e. The normalized spacial score (nSPS) is 12.4. The first-order valence-corrected chi connectivity index (χ1v) is 12.3. The molecule has 8 nitrogen and oxygen atoms in total. The molecule has 1 N–H and O–H groups in total. The van der Waals surface area contributed by atoms with E-state index in [0.717, 1.165) is 16.0 Å². The third kappa shape index (κ3) is 5.12. The molecule has 0 amide bonds. The Morgan fingerprint density at radius 2 is 1.79 bits per heavy atom. The second kappa shape index (κ2) is 10.8. The SMILES string of the molecule is CCOC(=O)c1c(-c2ccccc2)oc2ccc(OC(=O)/C=C/c3ccc4c(c3)OCO4)c(C[NH+](C)C)c12. The van der Waals surface area contributed by atoms with Gasteiger partial charge < -0.3 is 28.3 Å². The standard InChI is InChI=1S/C30H27NO7/c1-4-34-30(33)28-27-21(17-31(2)3)22(13-14-24(27)38-29(28)20-8-6-5-7-9-20)37-26(32)15-11-19-10-12-23-25(16-19)36-18-35-23/h5-16H,4,17-18H2,1-3H3/p+1/b15-11+. The minimum atomic E-state index is -0.554. The summed E-state index contributed by atoms with van der Waals surface area (Å²) >= 11 is 0. The minimum absolute atomic E-state index is 0.178. The number of hydrogen-bond donors (Lipinski definition) is 1. The molecule has 0 aliphatic carbocycles. The molecule has 0 saturated heterocycles. The highest BCUT2D eigenvalue weighted by molar-refractivity contribution is 6.10. The average molecular weight is 515 g/mol. The molecular weight excluding hydrogens is 486 g/mol. The van der Waals surface area contributed by atoms with E-state index in [-0.39, 0.29) is 13.4 Å². The molecule has 0 radical (unpaired) electrons. The number of carbonyl (C=O) groups excluding carboxylic acids is 2. The third-order valence-corrected chi connectivity index (χ3v) is 5.99. The number of benzene rings is 3. The number of rotatable bonds is 8. The molecule has 0 unspecified atom stereocenters. The Morgan fingerprint density at radius 1 is 1.00 bits per heavy atom. The van der Waals surface area contributed by atoms with Gasteiger partial charge in [0, 0.05) is 17.0 Å². The van der Waals surface area contributed by atoms with Crippen LogP contribution in [-0.2, 0) is 16.1 Å². The lowest BCUT2D eigenvalue weighted by Gasteiger charge is -2.13. The van der Waals surface area contributed by atoms with Crippen molar-refractivity contribution >= 4 is 29.0 Å². The number of hydrogen-bond acceptors (Lipinski definition) is 7. The summed E-state index contributed by atoms with van der Waals surface area (Å²) in [4.78, 5) is 27.1. The fourth-order valence-corrected chi connectivity index (χ4v) is 4.38. The molecule has 0 bridgehead atoms. The number of ether oxygens (including phenoxy) is 4. The summed E-state index contributed by atoms with van der Waals surface area (Å²) in [6, 6.07) is 18.2. The van der Waals surface area contributed by atoms with Gasteiger partial charge in [-0.05, 0) is 42.8 Å². The molecule has 38 heavy (non-hydrogen) atoms. The predicted molar refractivity (Wildman–Crippen MR) is 141 cm³/mol. The predicted octanol–water partition coefficient (Wildman–Crippen LogP) is 4.27. The van der Waals surface area contributed by atoms with E-state index in [1.807, 2.05) is 50.5 Å². The lowest BCUT2D eigenvalue weighted by Crippen LogP contribution is -3.04. The summed E-state index contributed by atoms with van der Waals surface area (Å²) in [6.45, 7) is 2.63. The summed E-state index contributed by atoms with van der Waals surface area (Å²) < 4.78 is 28.1. The van der Waals surface area contributed by atoms with Gasteiger partial charge in [-0.2, -0.15) is 0 Å². The first-order chi connectivity index (χ1) is 18.4. The molecule has 3 aromatic carbocycles. The molecule has 4 aromatic rings. The Bertz CT molecular complexity index is 1520. The van der Waals surface area contributed by atoms with Gasteiger partial charge in [0.2, 0.25) is 6.79 Å². The maximum absolute atomic E-state index is 13.2. The van der Waals surface area contributed by atoms with Crippen LogP contribution in [-0.4, -0.2) is 39.4 Å². The molecule has 1 aromatic heterocycles. The number of esters is 2. The van der Waals surface area contributed by atoms with Gasteiger partial charge in [-0.15, -0.1) is 0 Å². The van der Waals surface area contributed by atoms with Crippen molar-refractivity contribution in [1.82, 2.24) is 0 Å². The number of furan rings is 1. The van der Waals surface area contributed by atoms with Crippen LogP contribution in [0.15, 0.2) is 71.2 Å². The Labute approximate surface area is 220 Å². The zero-order valence-corrected chi connectivity index (χ0v) is 21.4. The molecule has 2 heterocycles. The van der Waals surface area contributed by atoms with Crippen molar-refractivity contribution in [3.8, 4) is 28.6 Å². The van der Waals surface area contributed by atoms with Gasteiger partial charge >= 0.3 is 11.9 Å². The minimum Gasteiger partial charge on any atom is -0.462 e. The van der Waals surface area contributed by atoms with Crippen LogP contribution in [0.1, 0.15) is 28.4 Å². The van der Waals surface area contributed by atoms with E-state index < -0.39 is 11.9 Å². The lowest BCUT2D eigenvalue weighted by molar-refractivity contribution is -0.872. The van der Waals surface area contributed by atoms with E-state index in [1.165, 1.54) is 6.08 Å². The van der Waals surface area contributed by atoms with E-state index in [0.29, 0.717) is 51.6 Å². The van der Waals surface area contributed by atoms with Crippen molar-refractivity contribution in [2.45, 2.75) is 13.5 Å². The number of fused-ring (bicyclic) bond motifs is 2. The molecule has 1 aliphatic heterocycles. The topological polar surface area (TPSA) is 88.6 Å². The highest BCUT2D eigenvalue weighted by Gasteiger charge is 2.28. The van der Waals surface area contributed by atoms with Gasteiger partial charge in [0.1, 0.15) is 29.2 Å². The Kier molecular flexibility index (Phi) is 7.15. The first kappa shape index (κ1) is 25.1. The van der Waals surface area contributed by atoms with Crippen LogP contribution in [0.5, 0.6) is 17.2 Å². The molecule has 0 fully saturated rings. The number of carbonyl (C=O) groups is 2. The fourth-order valence-electron chi connectivity index (χ4n) is 4.38. The molecule has 1 aliphatic rings. The molecule has 194 valence electrons. The summed E-state index contributed by atoms with van der Waals surface area (Å²) in [5, 5.41) is 0.577. The molecule has 5 rings (SSSR count). The van der Waals surface area contributed by atoms with Crippen LogP contribution in [0.4, 0.5) is 0 Å². The van der Waals surface area contributed by atoms with Gasteiger partial charge in [-0.1, -0.05) is 36.4 Å². The zero-order chi connectivity index (χ0) is 26.6. The zero-order valence-electron chi connectivity index (χ0n) is 21.4. The smallest absolute Gasteiger partial charge is 0.342 e. The van der Waals surface area contributed by atoms with Crippen molar-refractivity contribution in [3.63, 3.8) is 0 Å². The van der Waals surface area contributed by atoms with E-state index in [2.05, 4.69) is 0 Å². The summed E-state index contributed by atoms with van der Waals surface area (Å²) in [6.07, 6.45) is 3.00. The maximum atomic E-state index is 13.2. The van der Waals surface area contributed by atoms with Crippen LogP contribution in [0, 0.1) is 0 Å². The Balaban J connectivity index is 1.54. The largest absolute Gasteiger partial charge is 0.462 e. The second-order valence-corrected chi connectivity index (χ2v) is 9.06. The molecule has 0 saturated carbocycles. The van der Waals surface area contributed by atoms with Crippen molar-refractivity contribution in [2.24, 2.45) is 0 Å². The molecule has 0 spiro atoms. The Morgan fingerprint density at radius 3 is 2.55 bits per heavy atom. The quantitative estimate of drug-likeness (QED) is 0.213. The van der Waals surface area contributed by atoms with Gasteiger partial charge in [-0.3, -0.25) is 0 Å². The van der Waals surface area contributed by atoms with Crippen molar-refractivity contribution in [1.29, 1.82) is 0 Å². The highest BCUT2D eigenvalue weighted by Crippen LogP contribution is 2.39. The highest BCUT2D eigenvalue weighted by atomic mass is 16.7. The van der Waals surface area contributed by atoms with Gasteiger partial charge in [0.15, 0.2) is 11.5 Å². The molecule has 8 heteroatoms. The van der Waals surface area contributed by atoms with Crippen LogP contribution >= 0.6 is 0 Å². The number of nitrogens with one attached hydrogen (secondary N) is 1. The molecule has 0 atom stereocenters. The van der Waals surface area contributed by atoms with Crippen molar-refractivity contribution in [2.75, 3.05) is 27.5 Å². The average Bonchev–Trinajstić information content (AvgIpc) is 3.54. The summed E-state index contributed by atoms with van der Waals surface area (Å²) in [5.74, 6) is 1.02. The summed E-state index contributed by atoms with van der Waals surface area (Å²) in [5.41, 5.74) is 3.03. The summed E-state index contributed by atoms with van der Waals surface area (Å²) in [7, 11) is 3.96. The van der Waals surface area contributed by atoms with E-state index in [1.54, 1.807) is 37.3 Å².